The van der Waals surface area contributed by atoms with Crippen LogP contribution in [0.15, 0.2) is 48.5 Å². The largest absolute Gasteiger partial charge is 0.330 e. The minimum atomic E-state index is -0.0275. The van der Waals surface area contributed by atoms with E-state index in [1.54, 1.807) is 0 Å². The van der Waals surface area contributed by atoms with Crippen molar-refractivity contribution in [1.29, 1.82) is 0 Å². The molecule has 0 aromatic heterocycles. The molecule has 1 amide bonds. The summed E-state index contributed by atoms with van der Waals surface area (Å²) in [6.07, 6.45) is 0.891. The fourth-order valence-corrected chi connectivity index (χ4v) is 3.48. The molecule has 0 saturated heterocycles. The molecule has 3 nitrogen and oxygen atoms in total. The van der Waals surface area contributed by atoms with Gasteiger partial charge in [-0.05, 0) is 58.3 Å². The van der Waals surface area contributed by atoms with E-state index in [1.807, 2.05) is 41.3 Å². The third-order valence-electron chi connectivity index (χ3n) is 3.97. The van der Waals surface area contributed by atoms with Crippen LogP contribution in [-0.4, -0.2) is 23.9 Å². The topological polar surface area (TPSA) is 46.3 Å². The highest BCUT2D eigenvalue weighted by Crippen LogP contribution is 2.30. The fraction of sp³-hybridized carbons (Fsp3) is 0.235. The van der Waals surface area contributed by atoms with Gasteiger partial charge in [0.1, 0.15) is 0 Å². The number of hydrogen-bond acceptors (Lipinski definition) is 2. The van der Waals surface area contributed by atoms with E-state index >= 15 is 0 Å². The fourth-order valence-electron chi connectivity index (χ4n) is 2.94. The number of nitrogens with zero attached hydrogens (tertiary/aromatic N) is 1. The van der Waals surface area contributed by atoms with Gasteiger partial charge in [0.15, 0.2) is 0 Å². The maximum Gasteiger partial charge on any atom is 0.254 e. The summed E-state index contributed by atoms with van der Waals surface area (Å²) < 4.78 is 1.07. The summed E-state index contributed by atoms with van der Waals surface area (Å²) in [4.78, 5) is 14.7. The van der Waals surface area contributed by atoms with Crippen molar-refractivity contribution in [2.75, 3.05) is 13.1 Å². The van der Waals surface area contributed by atoms with Crippen LogP contribution in [0.25, 0.3) is 0 Å². The number of fused-ring (bicyclic) bond motifs is 1. The second-order valence-electron chi connectivity index (χ2n) is 5.21. The van der Waals surface area contributed by atoms with Crippen molar-refractivity contribution >= 4 is 28.5 Å². The molecule has 0 radical (unpaired) electrons. The van der Waals surface area contributed by atoms with Crippen LogP contribution in [-0.2, 0) is 6.42 Å². The van der Waals surface area contributed by atoms with Gasteiger partial charge in [-0.2, -0.15) is 0 Å². The molecule has 2 aromatic carbocycles. The van der Waals surface area contributed by atoms with Gasteiger partial charge >= 0.3 is 0 Å². The number of hydrogen-bond donors (Lipinski definition) is 1. The summed E-state index contributed by atoms with van der Waals surface area (Å²) in [6, 6.07) is 16.0. The molecule has 0 aliphatic carbocycles. The van der Waals surface area contributed by atoms with Crippen molar-refractivity contribution in [3.63, 3.8) is 0 Å². The molecule has 4 heteroatoms. The molecule has 1 aliphatic heterocycles. The number of rotatable bonds is 2. The molecule has 2 N–H and O–H groups in total. The van der Waals surface area contributed by atoms with Gasteiger partial charge in [0.05, 0.1) is 6.04 Å². The molecule has 1 heterocycles. The molecule has 0 spiro atoms. The molecule has 0 bridgehead atoms. The van der Waals surface area contributed by atoms with Crippen LogP contribution in [0, 0.1) is 3.57 Å². The van der Waals surface area contributed by atoms with Crippen molar-refractivity contribution in [3.8, 4) is 0 Å². The average Bonchev–Trinajstić information content (AvgIpc) is 2.53. The van der Waals surface area contributed by atoms with Crippen LogP contribution in [0.4, 0.5) is 0 Å². The maximum absolute atomic E-state index is 12.8. The van der Waals surface area contributed by atoms with Gasteiger partial charge < -0.3 is 10.6 Å². The highest BCUT2D eigenvalue weighted by Gasteiger charge is 2.30. The molecule has 1 atom stereocenters. The van der Waals surface area contributed by atoms with E-state index in [1.165, 1.54) is 11.1 Å². The van der Waals surface area contributed by atoms with Crippen molar-refractivity contribution in [1.82, 2.24) is 4.90 Å². The zero-order chi connectivity index (χ0) is 14.8. The van der Waals surface area contributed by atoms with Gasteiger partial charge in [-0.25, -0.2) is 0 Å². The molecule has 2 aromatic rings. The van der Waals surface area contributed by atoms with E-state index < -0.39 is 0 Å². The summed E-state index contributed by atoms with van der Waals surface area (Å²) in [7, 11) is 0. The quantitative estimate of drug-likeness (QED) is 0.799. The summed E-state index contributed by atoms with van der Waals surface area (Å²) in [5, 5.41) is 0. The van der Waals surface area contributed by atoms with Gasteiger partial charge in [0.2, 0.25) is 0 Å². The summed E-state index contributed by atoms with van der Waals surface area (Å²) in [6.45, 7) is 1.18. The van der Waals surface area contributed by atoms with E-state index in [4.69, 9.17) is 5.73 Å². The molecule has 0 fully saturated rings. The first-order valence-corrected chi connectivity index (χ1v) is 8.13. The second-order valence-corrected chi connectivity index (χ2v) is 6.45. The van der Waals surface area contributed by atoms with E-state index in [-0.39, 0.29) is 11.9 Å². The number of carbonyl (C=O) groups excluding carboxylic acids is 1. The Hall–Kier alpha value is -1.40. The minimum Gasteiger partial charge on any atom is -0.330 e. The van der Waals surface area contributed by atoms with E-state index in [9.17, 15) is 4.79 Å². The predicted octanol–water partition coefficient (Wildman–Crippen LogP) is 2.99. The lowest BCUT2D eigenvalue weighted by Gasteiger charge is -2.37. The Morgan fingerprint density at radius 2 is 2.05 bits per heavy atom. The van der Waals surface area contributed by atoms with Gasteiger partial charge in [-0.1, -0.05) is 30.3 Å². The molecule has 0 saturated carbocycles. The van der Waals surface area contributed by atoms with Crippen molar-refractivity contribution in [2.24, 2.45) is 5.73 Å². The van der Waals surface area contributed by atoms with Crippen molar-refractivity contribution in [3.05, 3.63) is 68.8 Å². The maximum atomic E-state index is 12.8. The van der Waals surface area contributed by atoms with Gasteiger partial charge in [-0.3, -0.25) is 4.79 Å². The SMILES string of the molecule is NCC1c2ccccc2CCN1C(=O)c1cccc(I)c1. The Bertz CT molecular complexity index is 671. The number of benzene rings is 2. The zero-order valence-electron chi connectivity index (χ0n) is 11.6. The standard InChI is InChI=1S/C17H17IN2O/c18-14-6-3-5-13(10-14)17(21)20-9-8-12-4-1-2-7-15(12)16(20)11-19/h1-7,10,16H,8-9,11,19H2. The summed E-state index contributed by atoms with van der Waals surface area (Å²) in [5.41, 5.74) is 9.19. The second kappa shape index (κ2) is 6.15. The van der Waals surface area contributed by atoms with Crippen LogP contribution < -0.4 is 5.73 Å². The monoisotopic (exact) mass is 392 g/mol. The van der Waals surface area contributed by atoms with Crippen LogP contribution in [0.1, 0.15) is 27.5 Å². The van der Waals surface area contributed by atoms with Gasteiger partial charge in [0, 0.05) is 22.2 Å². The first kappa shape index (κ1) is 14.5. The van der Waals surface area contributed by atoms with Gasteiger partial charge in [-0.15, -0.1) is 0 Å². The summed E-state index contributed by atoms with van der Waals surface area (Å²) in [5.74, 6) is 0.0680. The Morgan fingerprint density at radius 1 is 1.24 bits per heavy atom. The lowest BCUT2D eigenvalue weighted by atomic mass is 9.92. The third-order valence-corrected chi connectivity index (χ3v) is 4.64. The third kappa shape index (κ3) is 2.82. The van der Waals surface area contributed by atoms with Crippen LogP contribution in [0.3, 0.4) is 0 Å². The highest BCUT2D eigenvalue weighted by atomic mass is 127. The first-order valence-electron chi connectivity index (χ1n) is 7.05. The normalized spacial score (nSPS) is 17.4. The molecule has 1 aliphatic rings. The molecule has 21 heavy (non-hydrogen) atoms. The van der Waals surface area contributed by atoms with Gasteiger partial charge in [0.25, 0.3) is 5.91 Å². The van der Waals surface area contributed by atoms with Crippen molar-refractivity contribution < 1.29 is 4.79 Å². The Balaban J connectivity index is 1.94. The van der Waals surface area contributed by atoms with Crippen LogP contribution in [0.5, 0.6) is 0 Å². The lowest BCUT2D eigenvalue weighted by Crippen LogP contribution is -2.43. The minimum absolute atomic E-state index is 0.0275. The molecular formula is C17H17IN2O. The Morgan fingerprint density at radius 3 is 2.81 bits per heavy atom. The molecule has 3 rings (SSSR count). The number of amides is 1. The number of halogens is 1. The van der Waals surface area contributed by atoms with Crippen LogP contribution >= 0.6 is 22.6 Å². The van der Waals surface area contributed by atoms with Crippen LogP contribution in [0.2, 0.25) is 0 Å². The smallest absolute Gasteiger partial charge is 0.254 e. The van der Waals surface area contributed by atoms with Crippen molar-refractivity contribution in [2.45, 2.75) is 12.5 Å². The molecular weight excluding hydrogens is 375 g/mol. The lowest BCUT2D eigenvalue weighted by molar-refractivity contribution is 0.0667. The predicted molar refractivity (Wildman–Crippen MR) is 92.1 cm³/mol. The highest BCUT2D eigenvalue weighted by molar-refractivity contribution is 14.1. The average molecular weight is 392 g/mol. The van der Waals surface area contributed by atoms with E-state index in [0.717, 1.165) is 22.1 Å². The first-order chi connectivity index (χ1) is 10.2. The Kier molecular flexibility index (Phi) is 4.26. The van der Waals surface area contributed by atoms with E-state index in [2.05, 4.69) is 34.7 Å². The Labute approximate surface area is 138 Å². The summed E-state index contributed by atoms with van der Waals surface area (Å²) >= 11 is 2.23. The molecule has 1 unspecified atom stereocenters. The zero-order valence-corrected chi connectivity index (χ0v) is 13.8. The number of nitrogens with two attached hydrogens (primary N) is 1. The molecule has 108 valence electrons. The van der Waals surface area contributed by atoms with E-state index in [0.29, 0.717) is 6.54 Å². The number of carbonyl (C=O) groups is 1.